The second-order valence-electron chi connectivity index (χ2n) is 4.49. The van der Waals surface area contributed by atoms with E-state index in [0.29, 0.717) is 12.1 Å². The van der Waals surface area contributed by atoms with Gasteiger partial charge in [0.1, 0.15) is 0 Å². The first-order chi connectivity index (χ1) is 9.18. The van der Waals surface area contributed by atoms with E-state index in [1.54, 1.807) is 11.8 Å². The van der Waals surface area contributed by atoms with Crippen molar-refractivity contribution in [3.05, 3.63) is 78.4 Å². The van der Waals surface area contributed by atoms with E-state index >= 15 is 0 Å². The molecule has 0 aliphatic rings. The summed E-state index contributed by atoms with van der Waals surface area (Å²) in [6.45, 7) is 6.04. The van der Waals surface area contributed by atoms with Gasteiger partial charge in [0, 0.05) is 11.3 Å². The van der Waals surface area contributed by atoms with Crippen LogP contribution in [0.4, 0.5) is 5.69 Å². The molecule has 2 heteroatoms. The second kappa shape index (κ2) is 6.01. The molecular formula is C17H17NO. The molecule has 19 heavy (non-hydrogen) atoms. The van der Waals surface area contributed by atoms with Gasteiger partial charge in [0.15, 0.2) is 0 Å². The minimum atomic E-state index is -0.0462. The Morgan fingerprint density at radius 3 is 2.05 bits per heavy atom. The van der Waals surface area contributed by atoms with E-state index < -0.39 is 0 Å². The van der Waals surface area contributed by atoms with Gasteiger partial charge in [0.2, 0.25) is 0 Å². The molecule has 0 saturated heterocycles. The first-order valence-corrected chi connectivity index (χ1v) is 6.25. The third kappa shape index (κ3) is 3.32. The number of nitrogens with zero attached hydrogens (tertiary/aromatic N) is 1. The topological polar surface area (TPSA) is 20.3 Å². The van der Waals surface area contributed by atoms with Crippen LogP contribution in [0.25, 0.3) is 0 Å². The largest absolute Gasteiger partial charge is 0.304 e. The number of para-hydroxylation sites is 1. The van der Waals surface area contributed by atoms with Crippen molar-refractivity contribution in [3.8, 4) is 0 Å². The van der Waals surface area contributed by atoms with Crippen molar-refractivity contribution in [1.82, 2.24) is 0 Å². The Kier molecular flexibility index (Phi) is 4.14. The molecule has 0 unspecified atom stereocenters. The van der Waals surface area contributed by atoms with Crippen LogP contribution in [0.3, 0.4) is 0 Å². The van der Waals surface area contributed by atoms with E-state index in [2.05, 4.69) is 6.58 Å². The highest BCUT2D eigenvalue weighted by atomic mass is 16.2. The number of carbonyl (C=O) groups excluding carboxylic acids is 1. The van der Waals surface area contributed by atoms with Crippen molar-refractivity contribution < 1.29 is 4.79 Å². The van der Waals surface area contributed by atoms with E-state index in [0.717, 1.165) is 11.3 Å². The lowest BCUT2D eigenvalue weighted by molar-refractivity contribution is -0.115. The number of carbonyl (C=O) groups is 1. The predicted octanol–water partition coefficient (Wildman–Crippen LogP) is 3.80. The van der Waals surface area contributed by atoms with Gasteiger partial charge >= 0.3 is 0 Å². The molecule has 0 heterocycles. The van der Waals surface area contributed by atoms with Gasteiger partial charge in [0.05, 0.1) is 6.54 Å². The van der Waals surface area contributed by atoms with E-state index in [4.69, 9.17) is 0 Å². The molecule has 2 nitrogen and oxygen atoms in total. The molecule has 0 saturated carbocycles. The summed E-state index contributed by atoms with van der Waals surface area (Å²) in [6.07, 6.45) is 0. The van der Waals surface area contributed by atoms with Crippen LogP contribution in [0, 0.1) is 0 Å². The zero-order chi connectivity index (χ0) is 13.7. The summed E-state index contributed by atoms with van der Waals surface area (Å²) in [5, 5.41) is 0. The summed E-state index contributed by atoms with van der Waals surface area (Å²) in [6, 6.07) is 19.6. The van der Waals surface area contributed by atoms with Crippen molar-refractivity contribution in [2.75, 3.05) is 4.90 Å². The summed E-state index contributed by atoms with van der Waals surface area (Å²) in [4.78, 5) is 14.0. The smallest absolute Gasteiger partial charge is 0.253 e. The van der Waals surface area contributed by atoms with Gasteiger partial charge in [-0.3, -0.25) is 4.79 Å². The molecule has 2 aromatic carbocycles. The molecule has 0 spiro atoms. The van der Waals surface area contributed by atoms with Crippen LogP contribution >= 0.6 is 0 Å². The molecule has 2 rings (SSSR count). The van der Waals surface area contributed by atoms with Gasteiger partial charge in [-0.2, -0.15) is 0 Å². The first kappa shape index (κ1) is 13.1. The third-order valence-corrected chi connectivity index (χ3v) is 2.86. The van der Waals surface area contributed by atoms with Crippen LogP contribution in [0.2, 0.25) is 0 Å². The van der Waals surface area contributed by atoms with Crippen LogP contribution in [0.5, 0.6) is 0 Å². The van der Waals surface area contributed by atoms with Gasteiger partial charge in [-0.25, -0.2) is 0 Å². The summed E-state index contributed by atoms with van der Waals surface area (Å²) >= 11 is 0. The fourth-order valence-corrected chi connectivity index (χ4v) is 1.88. The predicted molar refractivity (Wildman–Crippen MR) is 78.9 cm³/mol. The number of amides is 1. The quantitative estimate of drug-likeness (QED) is 0.757. The Morgan fingerprint density at radius 1 is 1.00 bits per heavy atom. The number of rotatable bonds is 4. The SMILES string of the molecule is C=C(C)C(=O)N(Cc1ccccc1)c1ccccc1. The molecule has 0 aromatic heterocycles. The van der Waals surface area contributed by atoms with E-state index in [-0.39, 0.29) is 5.91 Å². The second-order valence-corrected chi connectivity index (χ2v) is 4.49. The van der Waals surface area contributed by atoms with Gasteiger partial charge in [-0.15, -0.1) is 0 Å². The molecule has 96 valence electrons. The molecule has 0 aliphatic heterocycles. The Morgan fingerprint density at radius 2 is 1.53 bits per heavy atom. The summed E-state index contributed by atoms with van der Waals surface area (Å²) < 4.78 is 0. The minimum absolute atomic E-state index is 0.0462. The van der Waals surface area contributed by atoms with Crippen LogP contribution in [-0.2, 0) is 11.3 Å². The van der Waals surface area contributed by atoms with Crippen molar-refractivity contribution in [3.63, 3.8) is 0 Å². The standard InChI is InChI=1S/C17H17NO/c1-14(2)17(19)18(16-11-7-4-8-12-16)13-15-9-5-3-6-10-15/h3-12H,1,13H2,2H3. The van der Waals surface area contributed by atoms with Gasteiger partial charge in [-0.05, 0) is 24.6 Å². The molecule has 0 aliphatic carbocycles. The number of hydrogen-bond acceptors (Lipinski definition) is 1. The average Bonchev–Trinajstić information content (AvgIpc) is 2.46. The van der Waals surface area contributed by atoms with E-state index in [1.165, 1.54) is 0 Å². The Balaban J connectivity index is 2.30. The van der Waals surface area contributed by atoms with Gasteiger partial charge < -0.3 is 4.90 Å². The fourth-order valence-electron chi connectivity index (χ4n) is 1.88. The van der Waals surface area contributed by atoms with Crippen molar-refractivity contribution in [2.45, 2.75) is 13.5 Å². The maximum absolute atomic E-state index is 12.3. The lowest BCUT2D eigenvalue weighted by Crippen LogP contribution is -2.30. The monoisotopic (exact) mass is 251 g/mol. The Hall–Kier alpha value is -2.35. The molecular weight excluding hydrogens is 234 g/mol. The maximum atomic E-state index is 12.3. The fraction of sp³-hybridized carbons (Fsp3) is 0.118. The van der Waals surface area contributed by atoms with Crippen LogP contribution in [0.15, 0.2) is 72.8 Å². The molecule has 0 bridgehead atoms. The van der Waals surface area contributed by atoms with Crippen LogP contribution in [0.1, 0.15) is 12.5 Å². The number of anilines is 1. The lowest BCUT2D eigenvalue weighted by atomic mass is 10.1. The van der Waals surface area contributed by atoms with Crippen LogP contribution in [-0.4, -0.2) is 5.91 Å². The highest BCUT2D eigenvalue weighted by Gasteiger charge is 2.16. The van der Waals surface area contributed by atoms with Crippen molar-refractivity contribution in [2.24, 2.45) is 0 Å². The summed E-state index contributed by atoms with van der Waals surface area (Å²) in [5.41, 5.74) is 2.53. The number of hydrogen-bond donors (Lipinski definition) is 0. The van der Waals surface area contributed by atoms with Gasteiger partial charge in [0.25, 0.3) is 5.91 Å². The minimum Gasteiger partial charge on any atom is -0.304 e. The molecule has 0 radical (unpaired) electrons. The molecule has 0 fully saturated rings. The molecule has 0 N–H and O–H groups in total. The highest BCUT2D eigenvalue weighted by Crippen LogP contribution is 2.18. The normalized spacial score (nSPS) is 9.95. The zero-order valence-corrected chi connectivity index (χ0v) is 11.0. The molecule has 0 atom stereocenters. The molecule has 2 aromatic rings. The zero-order valence-electron chi connectivity index (χ0n) is 11.0. The first-order valence-electron chi connectivity index (χ1n) is 6.25. The summed E-state index contributed by atoms with van der Waals surface area (Å²) in [7, 11) is 0. The summed E-state index contributed by atoms with van der Waals surface area (Å²) in [5.74, 6) is -0.0462. The average molecular weight is 251 g/mol. The lowest BCUT2D eigenvalue weighted by Gasteiger charge is -2.23. The van der Waals surface area contributed by atoms with E-state index in [1.807, 2.05) is 60.7 Å². The van der Waals surface area contributed by atoms with E-state index in [9.17, 15) is 4.79 Å². The third-order valence-electron chi connectivity index (χ3n) is 2.86. The number of benzene rings is 2. The van der Waals surface area contributed by atoms with Crippen molar-refractivity contribution in [1.29, 1.82) is 0 Å². The Labute approximate surface area is 114 Å². The highest BCUT2D eigenvalue weighted by molar-refractivity contribution is 6.04. The van der Waals surface area contributed by atoms with Crippen molar-refractivity contribution >= 4 is 11.6 Å². The Bertz CT molecular complexity index is 560. The van der Waals surface area contributed by atoms with Gasteiger partial charge in [-0.1, -0.05) is 55.1 Å². The molecule has 1 amide bonds. The van der Waals surface area contributed by atoms with Crippen LogP contribution < -0.4 is 4.90 Å². The maximum Gasteiger partial charge on any atom is 0.253 e.